The highest BCUT2D eigenvalue weighted by Gasteiger charge is 2.19. The maximum Gasteiger partial charge on any atom is 0.261 e. The number of aryl methyl sites for hydroxylation is 2. The van der Waals surface area contributed by atoms with E-state index in [0.717, 1.165) is 22.4 Å². The molecule has 0 bridgehead atoms. The average Bonchev–Trinajstić information content (AvgIpc) is 2.57. The lowest BCUT2D eigenvalue weighted by molar-refractivity contribution is -0.127. The van der Waals surface area contributed by atoms with Gasteiger partial charge in [0.2, 0.25) is 0 Å². The summed E-state index contributed by atoms with van der Waals surface area (Å²) in [6.07, 6.45) is -0.549. The van der Waals surface area contributed by atoms with Crippen LogP contribution in [0.1, 0.15) is 62.9 Å². The van der Waals surface area contributed by atoms with Gasteiger partial charge in [-0.1, -0.05) is 57.2 Å². The summed E-state index contributed by atoms with van der Waals surface area (Å²) in [5, 5.41) is 3.04. The summed E-state index contributed by atoms with van der Waals surface area (Å²) in [5.74, 6) is 0.646. The van der Waals surface area contributed by atoms with E-state index >= 15 is 0 Å². The standard InChI is InChI=1S/C23H31NO2/c1-15-8-9-16(2)21(14-15)26-18(4)22(25)24-17(3)19-10-12-20(13-11-19)23(5,6)7/h8-14,17-18H,1-7H3,(H,24,25)/t17-,18-/m1/s1. The van der Waals surface area contributed by atoms with Crippen molar-refractivity contribution in [3.05, 3.63) is 64.7 Å². The van der Waals surface area contributed by atoms with E-state index in [1.165, 1.54) is 5.56 Å². The molecule has 140 valence electrons. The van der Waals surface area contributed by atoms with Crippen LogP contribution in [0.3, 0.4) is 0 Å². The number of hydrogen-bond donors (Lipinski definition) is 1. The minimum atomic E-state index is -0.549. The quantitative estimate of drug-likeness (QED) is 0.798. The zero-order valence-electron chi connectivity index (χ0n) is 17.0. The van der Waals surface area contributed by atoms with Crippen molar-refractivity contribution in [1.82, 2.24) is 5.32 Å². The van der Waals surface area contributed by atoms with Crippen molar-refractivity contribution in [1.29, 1.82) is 0 Å². The van der Waals surface area contributed by atoms with Gasteiger partial charge in [-0.15, -0.1) is 0 Å². The number of carbonyl (C=O) groups is 1. The van der Waals surface area contributed by atoms with Crippen LogP contribution in [0.4, 0.5) is 0 Å². The number of benzene rings is 2. The molecule has 0 spiro atoms. The van der Waals surface area contributed by atoms with Gasteiger partial charge in [0, 0.05) is 0 Å². The Kier molecular flexibility index (Phi) is 6.12. The molecule has 0 heterocycles. The molecule has 0 aliphatic carbocycles. The first-order chi connectivity index (χ1) is 12.1. The van der Waals surface area contributed by atoms with E-state index < -0.39 is 6.10 Å². The lowest BCUT2D eigenvalue weighted by Gasteiger charge is -2.22. The molecule has 26 heavy (non-hydrogen) atoms. The fraction of sp³-hybridized carbons (Fsp3) is 0.435. The monoisotopic (exact) mass is 353 g/mol. The Morgan fingerprint density at radius 1 is 1.00 bits per heavy atom. The first-order valence-electron chi connectivity index (χ1n) is 9.22. The van der Waals surface area contributed by atoms with Crippen molar-refractivity contribution in [2.45, 2.75) is 66.0 Å². The van der Waals surface area contributed by atoms with Gasteiger partial charge in [0.1, 0.15) is 5.75 Å². The van der Waals surface area contributed by atoms with E-state index in [0.29, 0.717) is 0 Å². The van der Waals surface area contributed by atoms with Crippen LogP contribution in [0.25, 0.3) is 0 Å². The van der Waals surface area contributed by atoms with Crippen molar-refractivity contribution in [2.75, 3.05) is 0 Å². The molecule has 0 radical (unpaired) electrons. The van der Waals surface area contributed by atoms with E-state index in [1.54, 1.807) is 6.92 Å². The number of hydrogen-bond acceptors (Lipinski definition) is 2. The summed E-state index contributed by atoms with van der Waals surface area (Å²) in [5.41, 5.74) is 4.64. The summed E-state index contributed by atoms with van der Waals surface area (Å²) in [7, 11) is 0. The molecule has 0 aliphatic rings. The van der Waals surface area contributed by atoms with Gasteiger partial charge in [-0.05, 0) is 61.4 Å². The molecule has 2 atom stereocenters. The lowest BCUT2D eigenvalue weighted by atomic mass is 9.86. The summed E-state index contributed by atoms with van der Waals surface area (Å²) in [6, 6.07) is 14.4. The predicted molar refractivity (Wildman–Crippen MR) is 108 cm³/mol. The largest absolute Gasteiger partial charge is 0.481 e. The number of rotatable bonds is 5. The van der Waals surface area contributed by atoms with Gasteiger partial charge >= 0.3 is 0 Å². The highest BCUT2D eigenvalue weighted by atomic mass is 16.5. The predicted octanol–water partition coefficient (Wildman–Crippen LogP) is 5.25. The van der Waals surface area contributed by atoms with Gasteiger partial charge in [0.25, 0.3) is 5.91 Å². The number of ether oxygens (including phenoxy) is 1. The topological polar surface area (TPSA) is 38.3 Å². The maximum atomic E-state index is 12.5. The minimum absolute atomic E-state index is 0.0684. The Balaban J connectivity index is 2.00. The normalized spacial score (nSPS) is 13.8. The molecular weight excluding hydrogens is 322 g/mol. The van der Waals surface area contributed by atoms with Crippen molar-refractivity contribution in [3.8, 4) is 5.75 Å². The van der Waals surface area contributed by atoms with Crippen molar-refractivity contribution < 1.29 is 9.53 Å². The summed E-state index contributed by atoms with van der Waals surface area (Å²) in [6.45, 7) is 14.4. The van der Waals surface area contributed by atoms with Crippen LogP contribution in [0, 0.1) is 13.8 Å². The van der Waals surface area contributed by atoms with Crippen LogP contribution in [0.2, 0.25) is 0 Å². The van der Waals surface area contributed by atoms with E-state index in [-0.39, 0.29) is 17.4 Å². The Labute approximate surface area is 157 Å². The van der Waals surface area contributed by atoms with Crippen LogP contribution >= 0.6 is 0 Å². The van der Waals surface area contributed by atoms with Crippen molar-refractivity contribution in [3.63, 3.8) is 0 Å². The van der Waals surface area contributed by atoms with Gasteiger partial charge in [0.05, 0.1) is 6.04 Å². The molecule has 1 N–H and O–H groups in total. The van der Waals surface area contributed by atoms with Crippen LogP contribution in [-0.2, 0) is 10.2 Å². The Hall–Kier alpha value is -2.29. The highest BCUT2D eigenvalue weighted by Crippen LogP contribution is 2.24. The Bertz CT molecular complexity index is 757. The highest BCUT2D eigenvalue weighted by molar-refractivity contribution is 5.81. The van der Waals surface area contributed by atoms with Crippen LogP contribution in [0.5, 0.6) is 5.75 Å². The van der Waals surface area contributed by atoms with Gasteiger partial charge in [-0.3, -0.25) is 4.79 Å². The van der Waals surface area contributed by atoms with Gasteiger partial charge < -0.3 is 10.1 Å². The minimum Gasteiger partial charge on any atom is -0.481 e. The molecular formula is C23H31NO2. The van der Waals surface area contributed by atoms with Gasteiger partial charge in [0.15, 0.2) is 6.10 Å². The third kappa shape index (κ3) is 5.10. The Morgan fingerprint density at radius 3 is 2.19 bits per heavy atom. The van der Waals surface area contributed by atoms with E-state index in [1.807, 2.05) is 39.0 Å². The molecule has 0 fully saturated rings. The number of nitrogens with one attached hydrogen (secondary N) is 1. The molecule has 3 heteroatoms. The maximum absolute atomic E-state index is 12.5. The van der Waals surface area contributed by atoms with Gasteiger partial charge in [-0.25, -0.2) is 0 Å². The smallest absolute Gasteiger partial charge is 0.261 e. The van der Waals surface area contributed by atoms with Crippen molar-refractivity contribution in [2.24, 2.45) is 0 Å². The summed E-state index contributed by atoms with van der Waals surface area (Å²) >= 11 is 0. The zero-order valence-corrected chi connectivity index (χ0v) is 17.0. The summed E-state index contributed by atoms with van der Waals surface area (Å²) in [4.78, 5) is 12.5. The molecule has 0 saturated carbocycles. The van der Waals surface area contributed by atoms with Crippen LogP contribution in [0.15, 0.2) is 42.5 Å². The third-order valence-corrected chi connectivity index (χ3v) is 4.65. The average molecular weight is 354 g/mol. The first kappa shape index (κ1) is 20.0. The molecule has 0 aromatic heterocycles. The number of carbonyl (C=O) groups excluding carboxylic acids is 1. The molecule has 1 amide bonds. The molecule has 2 aromatic rings. The molecule has 0 unspecified atom stereocenters. The molecule has 2 aromatic carbocycles. The van der Waals surface area contributed by atoms with E-state index in [4.69, 9.17) is 4.74 Å². The van der Waals surface area contributed by atoms with E-state index in [9.17, 15) is 4.79 Å². The molecule has 0 saturated heterocycles. The first-order valence-corrected chi connectivity index (χ1v) is 9.22. The number of amides is 1. The van der Waals surface area contributed by atoms with Crippen LogP contribution < -0.4 is 10.1 Å². The third-order valence-electron chi connectivity index (χ3n) is 4.65. The van der Waals surface area contributed by atoms with Crippen LogP contribution in [-0.4, -0.2) is 12.0 Å². The van der Waals surface area contributed by atoms with E-state index in [2.05, 4.69) is 50.4 Å². The molecule has 0 aliphatic heterocycles. The fourth-order valence-corrected chi connectivity index (χ4v) is 2.76. The summed E-state index contributed by atoms with van der Waals surface area (Å²) < 4.78 is 5.88. The molecule has 2 rings (SSSR count). The molecule has 3 nitrogen and oxygen atoms in total. The Morgan fingerprint density at radius 2 is 1.62 bits per heavy atom. The van der Waals surface area contributed by atoms with Crippen molar-refractivity contribution >= 4 is 5.91 Å². The zero-order chi connectivity index (χ0) is 19.5. The second-order valence-electron chi connectivity index (χ2n) is 8.13. The second-order valence-corrected chi connectivity index (χ2v) is 8.13. The van der Waals surface area contributed by atoms with Gasteiger partial charge in [-0.2, -0.15) is 0 Å². The lowest BCUT2D eigenvalue weighted by Crippen LogP contribution is -2.37. The second kappa shape index (κ2) is 7.94. The fourth-order valence-electron chi connectivity index (χ4n) is 2.76. The SMILES string of the molecule is Cc1ccc(C)c(O[C@H](C)C(=O)N[C@H](C)c2ccc(C(C)(C)C)cc2)c1.